The van der Waals surface area contributed by atoms with Gasteiger partial charge in [0.1, 0.15) is 7.05 Å². The number of rotatable bonds is 2. The average Bonchev–Trinajstić information content (AvgIpc) is 3.37. The molecule has 0 aliphatic heterocycles. The summed E-state index contributed by atoms with van der Waals surface area (Å²) in [6.45, 7) is 9.14. The number of aryl methyl sites for hydroxylation is 2. The zero-order valence-corrected chi connectivity index (χ0v) is 25.3. The summed E-state index contributed by atoms with van der Waals surface area (Å²) in [5.41, 5.74) is 7.73. The van der Waals surface area contributed by atoms with E-state index in [-0.39, 0.29) is 5.41 Å². The molecule has 6 aromatic carbocycles. The molecule has 0 aliphatic carbocycles. The molecule has 2 aromatic heterocycles. The van der Waals surface area contributed by atoms with Crippen molar-refractivity contribution < 1.29 is 7.31 Å². The van der Waals surface area contributed by atoms with Crippen LogP contribution in [0, 0.1) is 6.92 Å². The SMILES string of the molecule is [2H]c1cccc2c3cccc([2H])c3n(-c3cccc4c3ccc3c(-c5cc(C(C)(C)C)c6ccccc6c5C)[n+](C)ccc34)c12. The highest BCUT2D eigenvalue weighted by molar-refractivity contribution is 6.15. The van der Waals surface area contributed by atoms with Crippen LogP contribution in [-0.4, -0.2) is 4.57 Å². The van der Waals surface area contributed by atoms with Gasteiger partial charge in [-0.25, -0.2) is 4.57 Å². The highest BCUT2D eigenvalue weighted by Crippen LogP contribution is 2.41. The summed E-state index contributed by atoms with van der Waals surface area (Å²) < 4.78 is 22.2. The van der Waals surface area contributed by atoms with E-state index in [0.29, 0.717) is 12.1 Å². The van der Waals surface area contributed by atoms with Gasteiger partial charge in [-0.15, -0.1) is 0 Å². The molecule has 0 unspecified atom stereocenters. The van der Waals surface area contributed by atoms with Crippen molar-refractivity contribution in [3.05, 3.63) is 133 Å². The molecule has 0 aliphatic rings. The molecule has 0 bridgehead atoms. The minimum absolute atomic E-state index is 0.0114. The first-order valence-corrected chi connectivity index (χ1v) is 15.0. The molecule has 0 saturated heterocycles. The molecule has 0 fully saturated rings. The van der Waals surface area contributed by atoms with Crippen molar-refractivity contribution in [3.63, 3.8) is 0 Å². The lowest BCUT2D eigenvalue weighted by atomic mass is 9.80. The molecule has 2 nitrogen and oxygen atoms in total. The van der Waals surface area contributed by atoms with E-state index in [1.54, 1.807) is 0 Å². The molecular formula is C41H35N2+. The van der Waals surface area contributed by atoms with Crippen LogP contribution in [0.4, 0.5) is 0 Å². The molecule has 2 heterocycles. The molecule has 208 valence electrons. The Kier molecular flexibility index (Phi) is 5.09. The van der Waals surface area contributed by atoms with E-state index in [0.717, 1.165) is 38.3 Å². The second-order valence-electron chi connectivity index (χ2n) is 12.8. The number of aromatic nitrogens is 2. The maximum Gasteiger partial charge on any atom is 0.220 e. The van der Waals surface area contributed by atoms with Gasteiger partial charge < -0.3 is 4.57 Å². The molecule has 0 amide bonds. The van der Waals surface area contributed by atoms with Gasteiger partial charge in [-0.2, -0.15) is 0 Å². The van der Waals surface area contributed by atoms with Crippen molar-refractivity contribution in [2.45, 2.75) is 33.1 Å². The van der Waals surface area contributed by atoms with Gasteiger partial charge in [0.25, 0.3) is 0 Å². The van der Waals surface area contributed by atoms with Crippen LogP contribution < -0.4 is 4.57 Å². The topological polar surface area (TPSA) is 8.81 Å². The monoisotopic (exact) mass is 557 g/mol. The molecule has 0 spiro atoms. The largest absolute Gasteiger partial charge is 0.309 e. The number of benzene rings is 6. The predicted octanol–water partition coefficient (Wildman–Crippen LogP) is 10.3. The third-order valence-corrected chi connectivity index (χ3v) is 9.18. The molecule has 0 N–H and O–H groups in total. The zero-order valence-electron chi connectivity index (χ0n) is 27.3. The van der Waals surface area contributed by atoms with Crippen LogP contribution in [-0.2, 0) is 12.5 Å². The van der Waals surface area contributed by atoms with Crippen molar-refractivity contribution >= 4 is 54.1 Å². The van der Waals surface area contributed by atoms with E-state index in [2.05, 4.69) is 129 Å². The molecule has 2 heteroatoms. The molecule has 8 rings (SSSR count). The number of pyridine rings is 1. The average molecular weight is 558 g/mol. The first-order valence-electron chi connectivity index (χ1n) is 16.0. The lowest BCUT2D eigenvalue weighted by Crippen LogP contribution is -2.31. The van der Waals surface area contributed by atoms with Gasteiger partial charge in [0.05, 0.1) is 30.4 Å². The number of para-hydroxylation sites is 2. The molecule has 0 saturated carbocycles. The lowest BCUT2D eigenvalue weighted by Gasteiger charge is -2.24. The van der Waals surface area contributed by atoms with E-state index in [4.69, 9.17) is 2.74 Å². The fourth-order valence-corrected chi connectivity index (χ4v) is 7.13. The third-order valence-electron chi connectivity index (χ3n) is 9.18. The first-order chi connectivity index (χ1) is 21.6. The van der Waals surface area contributed by atoms with Gasteiger partial charge >= 0.3 is 0 Å². The summed E-state index contributed by atoms with van der Waals surface area (Å²) in [7, 11) is 2.14. The summed E-state index contributed by atoms with van der Waals surface area (Å²) in [6.07, 6.45) is 2.18. The normalized spacial score (nSPS) is 13.0. The first kappa shape index (κ1) is 23.6. The predicted molar refractivity (Wildman–Crippen MR) is 183 cm³/mol. The Morgan fingerprint density at radius 2 is 1.19 bits per heavy atom. The Bertz CT molecular complexity index is 2450. The maximum atomic E-state index is 8.90. The van der Waals surface area contributed by atoms with Gasteiger partial charge in [0.15, 0.2) is 6.20 Å². The van der Waals surface area contributed by atoms with E-state index < -0.39 is 0 Å². The quantitative estimate of drug-likeness (QED) is 0.148. The molecule has 43 heavy (non-hydrogen) atoms. The van der Waals surface area contributed by atoms with Crippen LogP contribution in [0.1, 0.15) is 34.6 Å². The summed E-state index contributed by atoms with van der Waals surface area (Å²) in [5, 5.41) is 9.25. The summed E-state index contributed by atoms with van der Waals surface area (Å²) in [5.74, 6) is 0. The number of nitrogens with zero attached hydrogens (tertiary/aromatic N) is 2. The van der Waals surface area contributed by atoms with Crippen LogP contribution in [0.5, 0.6) is 0 Å². The van der Waals surface area contributed by atoms with Crippen LogP contribution >= 0.6 is 0 Å². The fourth-order valence-electron chi connectivity index (χ4n) is 7.13. The minimum Gasteiger partial charge on any atom is -0.309 e. The standard InChI is InChI=1S/C41H35N2/c1-26-27-13-6-7-14-30(27)36(41(2,3)4)25-35(26)40-34-22-21-33-28(29(34)23-24-42(40)5)17-12-20-39(33)43-37-18-10-8-15-31(37)32-16-9-11-19-38(32)43/h6-25H,1-5H3/q+1/i18D,19D. The van der Waals surface area contributed by atoms with Crippen molar-refractivity contribution in [3.8, 4) is 16.9 Å². The van der Waals surface area contributed by atoms with Gasteiger partial charge in [0.2, 0.25) is 5.69 Å². The van der Waals surface area contributed by atoms with Gasteiger partial charge in [-0.3, -0.25) is 0 Å². The summed E-state index contributed by atoms with van der Waals surface area (Å²) in [4.78, 5) is 0. The smallest absolute Gasteiger partial charge is 0.220 e. The Labute approximate surface area is 255 Å². The van der Waals surface area contributed by atoms with E-state index in [9.17, 15) is 0 Å². The van der Waals surface area contributed by atoms with Crippen molar-refractivity contribution in [1.82, 2.24) is 4.57 Å². The fraction of sp³-hybridized carbons (Fsp3) is 0.146. The number of hydrogen-bond donors (Lipinski definition) is 0. The number of fused-ring (bicyclic) bond motifs is 7. The Hall–Kier alpha value is -4.95. The Morgan fingerprint density at radius 3 is 1.88 bits per heavy atom. The van der Waals surface area contributed by atoms with Crippen molar-refractivity contribution in [2.24, 2.45) is 7.05 Å². The third kappa shape index (κ3) is 3.76. The lowest BCUT2D eigenvalue weighted by molar-refractivity contribution is -0.659. The molecular weight excluding hydrogens is 520 g/mol. The molecule has 0 radical (unpaired) electrons. The molecule has 0 atom stereocenters. The van der Waals surface area contributed by atoms with Crippen molar-refractivity contribution in [1.29, 1.82) is 0 Å². The van der Waals surface area contributed by atoms with E-state index >= 15 is 0 Å². The summed E-state index contributed by atoms with van der Waals surface area (Å²) in [6, 6.07) is 36.9. The van der Waals surface area contributed by atoms with Crippen LogP contribution in [0.25, 0.3) is 71.1 Å². The number of hydrogen-bond acceptors (Lipinski definition) is 0. The van der Waals surface area contributed by atoms with Gasteiger partial charge in [-0.1, -0.05) is 99.6 Å². The van der Waals surface area contributed by atoms with Gasteiger partial charge in [-0.05, 0) is 69.9 Å². The van der Waals surface area contributed by atoms with Crippen molar-refractivity contribution in [2.75, 3.05) is 0 Å². The summed E-state index contributed by atoms with van der Waals surface area (Å²) >= 11 is 0. The van der Waals surface area contributed by atoms with Crippen LogP contribution in [0.3, 0.4) is 0 Å². The maximum absolute atomic E-state index is 8.90. The second-order valence-corrected chi connectivity index (χ2v) is 12.8. The van der Waals surface area contributed by atoms with Crippen LogP contribution in [0.2, 0.25) is 0 Å². The van der Waals surface area contributed by atoms with E-state index in [1.807, 2.05) is 24.3 Å². The highest BCUT2D eigenvalue weighted by atomic mass is 15.0. The Morgan fingerprint density at radius 1 is 0.605 bits per heavy atom. The molecule has 8 aromatic rings. The highest BCUT2D eigenvalue weighted by Gasteiger charge is 2.25. The van der Waals surface area contributed by atoms with E-state index in [1.165, 1.54) is 43.9 Å². The Balaban J connectivity index is 1.47. The second kappa shape index (κ2) is 9.28. The van der Waals surface area contributed by atoms with Gasteiger partial charge in [0, 0.05) is 27.6 Å². The van der Waals surface area contributed by atoms with Crippen LogP contribution in [0.15, 0.2) is 121 Å². The minimum atomic E-state index is -0.0114. The zero-order chi connectivity index (χ0) is 31.2.